The quantitative estimate of drug-likeness (QED) is 0.0253. The Morgan fingerprint density at radius 1 is 0.813 bits per heavy atom. The summed E-state index contributed by atoms with van der Waals surface area (Å²) >= 11 is 1.33. The zero-order chi connectivity index (χ0) is 78.6. The number of nitrogens with one attached hydrogen (secondary N) is 4. The predicted molar refractivity (Wildman–Crippen MR) is 377 cm³/mol. The first-order chi connectivity index (χ1) is 50.8. The smallest absolute Gasteiger partial charge is 0.429 e. The van der Waals surface area contributed by atoms with Crippen LogP contribution in [0.5, 0.6) is 0 Å². The number of alkyl halides is 2. The lowest BCUT2D eigenvalue weighted by Crippen LogP contribution is -2.71. The number of halogens is 2. The van der Waals surface area contributed by atoms with Gasteiger partial charge in [-0.2, -0.15) is 11.8 Å². The van der Waals surface area contributed by atoms with Gasteiger partial charge in [-0.3, -0.25) is 48.1 Å². The van der Waals surface area contributed by atoms with Crippen molar-refractivity contribution in [2.24, 2.45) is 46.2 Å². The van der Waals surface area contributed by atoms with Crippen LogP contribution in [-0.2, 0) is 87.7 Å². The summed E-state index contributed by atoms with van der Waals surface area (Å²) < 4.78 is 80.0. The van der Waals surface area contributed by atoms with Crippen LogP contribution in [0.15, 0.2) is 48.1 Å². The van der Waals surface area contributed by atoms with E-state index in [9.17, 15) is 78.3 Å². The number of aliphatic hydroxyl groups excluding tert-OH is 6. The van der Waals surface area contributed by atoms with Crippen LogP contribution < -0.4 is 27.0 Å². The normalized spacial score (nSPS) is 27.7. The van der Waals surface area contributed by atoms with E-state index < -0.39 is 199 Å². The molecule has 3 saturated carbocycles. The number of anilines is 1. The Balaban J connectivity index is 0.911. The van der Waals surface area contributed by atoms with E-state index in [1.807, 2.05) is 6.92 Å². The first-order valence-electron chi connectivity index (χ1n) is 36.5. The number of benzene rings is 1. The molecule has 31 nitrogen and oxygen atoms in total. The number of ether oxygens (including phenoxy) is 8. The number of nitrogens with two attached hydrogens (primary N) is 1. The molecule has 7 rings (SSSR count). The minimum atomic E-state index is -2.43. The second kappa shape index (κ2) is 40.2. The number of imide groups is 1. The Kier molecular flexibility index (Phi) is 32.9. The van der Waals surface area contributed by atoms with Crippen LogP contribution in [0.2, 0.25) is 0 Å². The number of primary amides is 1. The van der Waals surface area contributed by atoms with Crippen LogP contribution in [0.25, 0.3) is 0 Å². The number of carbonyl (C=O) groups is 11. The Bertz CT molecular complexity index is 3340. The van der Waals surface area contributed by atoms with Gasteiger partial charge in [-0.1, -0.05) is 52.3 Å². The molecule has 2 saturated heterocycles. The number of hydrogen-bond acceptors (Lipinski definition) is 26. The minimum absolute atomic E-state index is 0.0294. The van der Waals surface area contributed by atoms with Gasteiger partial charge in [-0.15, -0.1) is 0 Å². The molecule has 5 fully saturated rings. The maximum atomic E-state index is 18.0. The van der Waals surface area contributed by atoms with Crippen molar-refractivity contribution in [1.82, 2.24) is 20.9 Å². The maximum Gasteiger partial charge on any atom is 0.509 e. The van der Waals surface area contributed by atoms with Crippen LogP contribution in [0.3, 0.4) is 0 Å². The summed E-state index contributed by atoms with van der Waals surface area (Å²) in [6, 6.07) is 3.92. The molecule has 1 aromatic rings. The number of Topliss-reactive ketones (excluding diaryl/α,β-unsaturated/α-hetero) is 3. The number of amides is 7. The highest BCUT2D eigenvalue weighted by molar-refractivity contribution is 8.00. The summed E-state index contributed by atoms with van der Waals surface area (Å²) in [5, 5.41) is 71.4. The van der Waals surface area contributed by atoms with Gasteiger partial charge >= 0.3 is 12.2 Å². The second-order valence-electron chi connectivity index (χ2n) is 28.9. The van der Waals surface area contributed by atoms with Gasteiger partial charge in [0.2, 0.25) is 35.3 Å². The molecule has 107 heavy (non-hydrogen) atoms. The maximum absolute atomic E-state index is 18.0. The van der Waals surface area contributed by atoms with E-state index in [0.717, 1.165) is 6.08 Å². The molecule has 18 atom stereocenters. The average molecular weight is 1540 g/mol. The molecule has 12 N–H and O–H groups in total. The lowest BCUT2D eigenvalue weighted by molar-refractivity contribution is -0.234. The highest BCUT2D eigenvalue weighted by atomic mass is 32.2. The molecule has 0 radical (unpaired) electrons. The lowest BCUT2D eigenvalue weighted by atomic mass is 9.44. The van der Waals surface area contributed by atoms with Crippen molar-refractivity contribution in [3.63, 3.8) is 0 Å². The van der Waals surface area contributed by atoms with E-state index in [0.29, 0.717) is 18.4 Å². The lowest BCUT2D eigenvalue weighted by Gasteiger charge is -2.63. The van der Waals surface area contributed by atoms with Gasteiger partial charge in [0.25, 0.3) is 0 Å². The molecule has 0 spiro atoms. The third-order valence-corrected chi connectivity index (χ3v) is 22.3. The Morgan fingerprint density at radius 3 is 2.08 bits per heavy atom. The van der Waals surface area contributed by atoms with Crippen molar-refractivity contribution < 1.29 is 130 Å². The number of ketones is 4. The van der Waals surface area contributed by atoms with Gasteiger partial charge < -0.3 is 95.5 Å². The van der Waals surface area contributed by atoms with Crippen LogP contribution >= 0.6 is 11.8 Å². The number of hydrogen-bond donors (Lipinski definition) is 11. The number of rotatable bonds is 46. The summed E-state index contributed by atoms with van der Waals surface area (Å²) in [5.74, 6) is -9.68. The molecule has 2 aliphatic heterocycles. The van der Waals surface area contributed by atoms with E-state index in [4.69, 9.17) is 48.7 Å². The van der Waals surface area contributed by atoms with E-state index in [1.165, 1.54) is 60.0 Å². The largest absolute Gasteiger partial charge is 0.509 e. The molecule has 2 heterocycles. The molecular formula is C73H106F2N6O25S. The first kappa shape index (κ1) is 87.4. The molecule has 6 aliphatic rings. The molecule has 34 heteroatoms. The molecule has 3 unspecified atom stereocenters. The number of likely N-dealkylation sites (tertiary alicyclic amines) is 1. The second-order valence-corrected chi connectivity index (χ2v) is 29.9. The summed E-state index contributed by atoms with van der Waals surface area (Å²) in [7, 11) is 0. The number of urea groups is 1. The van der Waals surface area contributed by atoms with Crippen molar-refractivity contribution in [2.75, 3.05) is 97.3 Å². The topological polar surface area (TPSA) is 460 Å². The highest BCUT2D eigenvalue weighted by Crippen LogP contribution is 2.72. The number of fused-ring (bicyclic) bond motifs is 7. The van der Waals surface area contributed by atoms with E-state index in [-0.39, 0.29) is 152 Å². The van der Waals surface area contributed by atoms with Crippen LogP contribution in [0.4, 0.5) is 24.1 Å². The molecule has 0 bridgehead atoms. The van der Waals surface area contributed by atoms with Crippen molar-refractivity contribution in [2.45, 2.75) is 196 Å². The van der Waals surface area contributed by atoms with Crippen molar-refractivity contribution in [1.29, 1.82) is 0 Å². The zero-order valence-corrected chi connectivity index (χ0v) is 62.2. The summed E-state index contributed by atoms with van der Waals surface area (Å²) in [5.41, 5.74) is -1.42. The summed E-state index contributed by atoms with van der Waals surface area (Å²) in [4.78, 5) is 147. The fourth-order valence-electron chi connectivity index (χ4n) is 15.6. The first-order valence-corrected chi connectivity index (χ1v) is 37.8. The van der Waals surface area contributed by atoms with Gasteiger partial charge in [-0.25, -0.2) is 18.4 Å². The predicted octanol–water partition coefficient (Wildman–Crippen LogP) is 2.08. The van der Waals surface area contributed by atoms with E-state index in [1.54, 1.807) is 27.0 Å². The van der Waals surface area contributed by atoms with Crippen LogP contribution in [0.1, 0.15) is 124 Å². The number of allylic oxidation sites excluding steroid dienone is 4. The van der Waals surface area contributed by atoms with Gasteiger partial charge in [-0.05, 0) is 105 Å². The summed E-state index contributed by atoms with van der Waals surface area (Å²) in [6.45, 7) is 6.95. The fourth-order valence-corrected chi connectivity index (χ4v) is 16.2. The van der Waals surface area contributed by atoms with Gasteiger partial charge in [0.1, 0.15) is 36.9 Å². The zero-order valence-electron chi connectivity index (χ0n) is 61.4. The van der Waals surface area contributed by atoms with Gasteiger partial charge in [0.15, 0.2) is 35.7 Å². The highest BCUT2D eigenvalue weighted by Gasteiger charge is 2.80. The average Bonchev–Trinajstić information content (AvgIpc) is 1.43. The fraction of sp³-hybridized carbons (Fsp3) is 0.712. The third kappa shape index (κ3) is 21.6. The molecule has 598 valence electrons. The minimum Gasteiger partial charge on any atom is -0.429 e. The molecule has 7 amide bonds. The van der Waals surface area contributed by atoms with Crippen molar-refractivity contribution >= 4 is 82.3 Å². The van der Waals surface area contributed by atoms with Crippen LogP contribution in [-0.4, -0.2) is 264 Å². The SMILES string of the molecule is CCCC1O[C@@H]2C[C@H]3[C@@H]4C[C@H](F)C5=CC(=O)C=C[C@]5(C)[C@@]4(F)[C@@H](O)C[C@]3(C)[C@]2(C(=O)COC(=O)OCc2ccc(NC(=O)[C@H](CCCNC(N)=O)CC(=O)C(NC(=O)[C@@H](CCC(=O)NC[C@H](O)[C@@H](O)[C@H](O)[C@H](O)CO)CC(=O)CCOCCOCCOCCOCCN3C(=O)CC(SC)C3=O)C(C)C)cc2)O1. The number of nitrogens with zero attached hydrogens (tertiary/aromatic N) is 1. The van der Waals surface area contributed by atoms with Gasteiger partial charge in [0, 0.05) is 79.5 Å². The monoisotopic (exact) mass is 1540 g/mol. The molecule has 4 aliphatic carbocycles. The van der Waals surface area contributed by atoms with Crippen LogP contribution in [0, 0.1) is 40.4 Å². The van der Waals surface area contributed by atoms with Crippen molar-refractivity contribution in [3.8, 4) is 0 Å². The number of thioether (sulfide) groups is 1. The molecule has 0 aromatic heterocycles. The molecular weight excluding hydrogens is 1430 g/mol. The third-order valence-electron chi connectivity index (χ3n) is 21.4. The Hall–Kier alpha value is -6.80. The van der Waals surface area contributed by atoms with E-state index in [2.05, 4.69) is 21.3 Å². The van der Waals surface area contributed by atoms with Gasteiger partial charge in [0.05, 0.1) is 95.6 Å². The Labute approximate surface area is 624 Å². The van der Waals surface area contributed by atoms with E-state index >= 15 is 8.78 Å². The molecule has 1 aromatic carbocycles. The number of aliphatic hydroxyl groups is 6. The summed E-state index contributed by atoms with van der Waals surface area (Å²) in [6.07, 6.45) is -9.71. The van der Waals surface area contributed by atoms with Crippen molar-refractivity contribution in [3.05, 3.63) is 53.6 Å². The Morgan fingerprint density at radius 2 is 1.46 bits per heavy atom. The standard InChI is InChI=1S/C73H106F2N6O25S/c1-7-9-61-105-58-34-48-49-33-51(74)50-32-46(83)17-19-70(50,4)72(49,75)56(88)36-71(48,5)73(58,106-61)57(89)40-104-69(98)103-39-42-11-14-45(15-12-42)79-65(94)43(10-8-20-77-68(76)97)31-52(85)62(41(2)3)80-66(95)44(13-16-59(90)78-37-53(86)63(92)64(93)54(87)38-82)30-47(84)18-22-99-24-26-101-28-29-102-27-25-100-23-21-81-60(91)35-55(107-6)67(81)96/h11-12,14-15,17,19,32,41,43-44,48-49,51,53-56,58,61-64,82,86-88,92-93H,7-10,13,16,18,20-31,33-40H2,1-6H3,(H,78,90)(H,79,94)(H,80,95)(H3,76,77,97)/t43-,44+,48+,49+,51+,53+,54-,55?,56+,58-,61?,62?,63-,64-,70+,71+,72+,73-/m1/s1. The number of carbonyl (C=O) groups excluding carboxylic acids is 11.